The van der Waals surface area contributed by atoms with Crippen LogP contribution in [0.2, 0.25) is 0 Å². The zero-order chi connectivity index (χ0) is 17.2. The second kappa shape index (κ2) is 6.96. The Kier molecular flexibility index (Phi) is 4.93. The number of benzene rings is 1. The van der Waals surface area contributed by atoms with Crippen molar-refractivity contribution in [2.24, 2.45) is 5.92 Å². The smallest absolute Gasteiger partial charge is 0.262 e. The molecule has 1 fully saturated rings. The van der Waals surface area contributed by atoms with Crippen LogP contribution in [0.1, 0.15) is 25.6 Å². The molecule has 24 heavy (non-hydrogen) atoms. The highest BCUT2D eigenvalue weighted by Crippen LogP contribution is 2.18. The topological polar surface area (TPSA) is 91.0 Å². The van der Waals surface area contributed by atoms with Crippen molar-refractivity contribution in [1.29, 1.82) is 0 Å². The summed E-state index contributed by atoms with van der Waals surface area (Å²) in [6.07, 6.45) is 1.92. The largest absolute Gasteiger partial charge is 0.279 e. The molecule has 0 amide bonds. The Morgan fingerprint density at radius 1 is 1.38 bits per heavy atom. The van der Waals surface area contributed by atoms with E-state index in [1.807, 2.05) is 6.92 Å². The normalized spacial score (nSPS) is 19.5. The van der Waals surface area contributed by atoms with Crippen molar-refractivity contribution >= 4 is 10.2 Å². The number of H-pyrrole nitrogens is 1. The summed E-state index contributed by atoms with van der Waals surface area (Å²) in [4.78, 5) is 4.24. The Morgan fingerprint density at radius 3 is 2.83 bits per heavy atom. The van der Waals surface area contributed by atoms with E-state index >= 15 is 0 Å². The lowest BCUT2D eigenvalue weighted by Gasteiger charge is -2.29. The zero-order valence-corrected chi connectivity index (χ0v) is 14.2. The van der Waals surface area contributed by atoms with Gasteiger partial charge in [-0.05, 0) is 43.0 Å². The maximum atomic E-state index is 12.9. The average molecular weight is 353 g/mol. The Morgan fingerprint density at radius 2 is 2.12 bits per heavy atom. The van der Waals surface area contributed by atoms with E-state index in [9.17, 15) is 12.8 Å². The van der Waals surface area contributed by atoms with Crippen LogP contribution in [0, 0.1) is 11.7 Å². The van der Waals surface area contributed by atoms with E-state index in [1.54, 1.807) is 12.1 Å². The lowest BCUT2D eigenvalue weighted by atomic mass is 10.0. The Hall–Kier alpha value is -1.84. The number of aromatic amines is 1. The number of nitrogens with zero attached hydrogens (tertiary/aromatic N) is 3. The van der Waals surface area contributed by atoms with Crippen molar-refractivity contribution in [2.45, 2.75) is 26.3 Å². The SMILES string of the molecule is C[C@H]1CCCN(S(=O)(=O)NCc2nc(-c3ccc(F)cc3)n[nH]2)C1. The highest BCUT2D eigenvalue weighted by molar-refractivity contribution is 7.87. The van der Waals surface area contributed by atoms with E-state index in [0.717, 1.165) is 12.8 Å². The Bertz CT molecular complexity index is 790. The van der Waals surface area contributed by atoms with Crippen LogP contribution in [0.4, 0.5) is 4.39 Å². The predicted octanol–water partition coefficient (Wildman–Crippen LogP) is 1.68. The van der Waals surface area contributed by atoms with E-state index in [1.165, 1.54) is 16.4 Å². The summed E-state index contributed by atoms with van der Waals surface area (Å²) in [7, 11) is -3.53. The molecule has 0 bridgehead atoms. The van der Waals surface area contributed by atoms with Crippen LogP contribution in [0.15, 0.2) is 24.3 Å². The van der Waals surface area contributed by atoms with Crippen molar-refractivity contribution in [3.63, 3.8) is 0 Å². The Labute approximate surface area is 140 Å². The third kappa shape index (κ3) is 3.97. The summed E-state index contributed by atoms with van der Waals surface area (Å²) in [5, 5.41) is 6.74. The van der Waals surface area contributed by atoms with Crippen molar-refractivity contribution in [2.75, 3.05) is 13.1 Å². The molecule has 1 aromatic heterocycles. The lowest BCUT2D eigenvalue weighted by Crippen LogP contribution is -2.45. The van der Waals surface area contributed by atoms with Gasteiger partial charge in [-0.2, -0.15) is 22.5 Å². The van der Waals surface area contributed by atoms with Crippen LogP contribution >= 0.6 is 0 Å². The second-order valence-corrected chi connectivity index (χ2v) is 7.80. The third-order valence-corrected chi connectivity index (χ3v) is 5.54. The van der Waals surface area contributed by atoms with Crippen LogP contribution in [0.25, 0.3) is 11.4 Å². The number of rotatable bonds is 5. The van der Waals surface area contributed by atoms with Gasteiger partial charge in [-0.1, -0.05) is 6.92 Å². The summed E-state index contributed by atoms with van der Waals surface area (Å²) in [6, 6.07) is 5.79. The Balaban J connectivity index is 1.63. The number of halogens is 1. The first-order chi connectivity index (χ1) is 11.4. The van der Waals surface area contributed by atoms with E-state index in [-0.39, 0.29) is 12.4 Å². The number of aromatic nitrogens is 3. The molecule has 0 unspecified atom stereocenters. The molecule has 7 nitrogen and oxygen atoms in total. The molecule has 1 atom stereocenters. The summed E-state index contributed by atoms with van der Waals surface area (Å²) >= 11 is 0. The van der Waals surface area contributed by atoms with Gasteiger partial charge in [-0.25, -0.2) is 9.37 Å². The molecular weight excluding hydrogens is 333 g/mol. The van der Waals surface area contributed by atoms with Gasteiger partial charge in [0.1, 0.15) is 11.6 Å². The third-order valence-electron chi connectivity index (χ3n) is 4.02. The first-order valence-corrected chi connectivity index (χ1v) is 9.30. The summed E-state index contributed by atoms with van der Waals surface area (Å²) in [6.45, 7) is 3.15. The highest BCUT2D eigenvalue weighted by Gasteiger charge is 2.26. The van der Waals surface area contributed by atoms with Crippen molar-refractivity contribution in [1.82, 2.24) is 24.2 Å². The van der Waals surface area contributed by atoms with Crippen molar-refractivity contribution < 1.29 is 12.8 Å². The van der Waals surface area contributed by atoms with E-state index in [0.29, 0.717) is 36.2 Å². The van der Waals surface area contributed by atoms with E-state index in [4.69, 9.17) is 0 Å². The van der Waals surface area contributed by atoms with Gasteiger partial charge in [0, 0.05) is 18.7 Å². The molecule has 1 saturated heterocycles. The van der Waals surface area contributed by atoms with Gasteiger partial charge in [-0.3, -0.25) is 5.10 Å². The van der Waals surface area contributed by atoms with Crippen LogP contribution in [-0.4, -0.2) is 41.0 Å². The first kappa shape index (κ1) is 17.0. The molecule has 0 spiro atoms. The fraction of sp³-hybridized carbons (Fsp3) is 0.467. The molecular formula is C15H20FN5O2S. The van der Waals surface area contributed by atoms with Crippen molar-refractivity contribution in [3.05, 3.63) is 35.9 Å². The van der Waals surface area contributed by atoms with E-state index < -0.39 is 10.2 Å². The molecule has 130 valence electrons. The molecule has 2 heterocycles. The summed E-state index contributed by atoms with van der Waals surface area (Å²) in [5.41, 5.74) is 0.659. The second-order valence-electron chi connectivity index (χ2n) is 6.04. The van der Waals surface area contributed by atoms with Gasteiger partial charge in [0.2, 0.25) is 0 Å². The standard InChI is InChI=1S/C15H20FN5O2S/c1-11-3-2-8-21(10-11)24(22,23)17-9-14-18-15(20-19-14)12-4-6-13(16)7-5-12/h4-7,11,17H,2-3,8-10H2,1H3,(H,18,19,20)/t11-/m0/s1. The molecule has 0 aliphatic carbocycles. The molecule has 1 aliphatic heterocycles. The fourth-order valence-electron chi connectivity index (χ4n) is 2.72. The maximum Gasteiger partial charge on any atom is 0.279 e. The predicted molar refractivity (Wildman–Crippen MR) is 87.5 cm³/mol. The first-order valence-electron chi connectivity index (χ1n) is 7.86. The number of nitrogens with one attached hydrogen (secondary N) is 2. The summed E-state index contributed by atoms with van der Waals surface area (Å²) < 4.78 is 41.6. The van der Waals surface area contributed by atoms with Crippen LogP contribution in [0.3, 0.4) is 0 Å². The molecule has 3 rings (SSSR count). The molecule has 2 N–H and O–H groups in total. The van der Waals surface area contributed by atoms with Gasteiger partial charge in [0.15, 0.2) is 5.82 Å². The molecule has 9 heteroatoms. The summed E-state index contributed by atoms with van der Waals surface area (Å²) in [5.74, 6) is 0.836. The van der Waals surface area contributed by atoms with Crippen LogP contribution in [0.5, 0.6) is 0 Å². The van der Waals surface area contributed by atoms with Gasteiger partial charge in [0.05, 0.1) is 6.54 Å². The molecule has 0 radical (unpaired) electrons. The zero-order valence-electron chi connectivity index (χ0n) is 13.4. The van der Waals surface area contributed by atoms with Gasteiger partial charge >= 0.3 is 0 Å². The number of hydrogen-bond donors (Lipinski definition) is 2. The van der Waals surface area contributed by atoms with Crippen molar-refractivity contribution in [3.8, 4) is 11.4 Å². The highest BCUT2D eigenvalue weighted by atomic mass is 32.2. The minimum absolute atomic E-state index is 0.0292. The fourth-order valence-corrected chi connectivity index (χ4v) is 4.04. The van der Waals surface area contributed by atoms with Gasteiger partial charge in [-0.15, -0.1) is 0 Å². The van der Waals surface area contributed by atoms with Crippen LogP contribution < -0.4 is 4.72 Å². The number of piperidine rings is 1. The average Bonchev–Trinajstić information content (AvgIpc) is 3.03. The van der Waals surface area contributed by atoms with Gasteiger partial charge < -0.3 is 0 Å². The number of hydrogen-bond acceptors (Lipinski definition) is 4. The van der Waals surface area contributed by atoms with Crippen LogP contribution in [-0.2, 0) is 16.8 Å². The quantitative estimate of drug-likeness (QED) is 0.855. The minimum Gasteiger partial charge on any atom is -0.262 e. The molecule has 1 aromatic carbocycles. The molecule has 2 aromatic rings. The molecule has 0 saturated carbocycles. The lowest BCUT2D eigenvalue weighted by molar-refractivity contribution is 0.278. The maximum absolute atomic E-state index is 12.9. The van der Waals surface area contributed by atoms with Gasteiger partial charge in [0.25, 0.3) is 10.2 Å². The molecule has 1 aliphatic rings. The minimum atomic E-state index is -3.53. The monoisotopic (exact) mass is 353 g/mol. The van der Waals surface area contributed by atoms with E-state index in [2.05, 4.69) is 19.9 Å².